The number of hydrogen-bond donors (Lipinski definition) is 0. The zero-order chi connectivity index (χ0) is 8.97. The Kier molecular flexibility index (Phi) is 3.82. The van der Waals surface area contributed by atoms with Crippen molar-refractivity contribution in [2.24, 2.45) is 0 Å². The van der Waals surface area contributed by atoms with Crippen LogP contribution in [0.25, 0.3) is 0 Å². The average molecular weight is 252 g/mol. The molecular formula is C8H8BrClO2. The van der Waals surface area contributed by atoms with E-state index in [0.717, 1.165) is 0 Å². The van der Waals surface area contributed by atoms with Crippen LogP contribution in [-0.2, 0) is 0 Å². The summed E-state index contributed by atoms with van der Waals surface area (Å²) in [5.41, 5.74) is 0. The van der Waals surface area contributed by atoms with Crippen molar-refractivity contribution in [3.63, 3.8) is 0 Å². The normalized spacial score (nSPS) is 10.2. The zero-order valence-corrected chi connectivity index (χ0v) is 8.69. The van der Waals surface area contributed by atoms with Crippen molar-refractivity contribution in [2.45, 2.75) is 12.8 Å². The average Bonchev–Trinajstić information content (AvgIpc) is 2.47. The fraction of sp³-hybridized carbons (Fsp3) is 0.375. The van der Waals surface area contributed by atoms with Crippen LogP contribution in [-0.4, -0.2) is 11.7 Å². The van der Waals surface area contributed by atoms with E-state index in [1.165, 1.54) is 6.26 Å². The third kappa shape index (κ3) is 2.35. The molecule has 0 saturated carbocycles. The minimum absolute atomic E-state index is 0.00692. The van der Waals surface area contributed by atoms with Crippen LogP contribution in [0.4, 0.5) is 0 Å². The van der Waals surface area contributed by atoms with Crippen LogP contribution in [0.2, 0.25) is 0 Å². The first kappa shape index (κ1) is 9.81. The van der Waals surface area contributed by atoms with Gasteiger partial charge in [0.25, 0.3) is 0 Å². The van der Waals surface area contributed by atoms with Crippen molar-refractivity contribution in [1.29, 1.82) is 0 Å². The van der Waals surface area contributed by atoms with Crippen molar-refractivity contribution in [2.75, 3.05) is 5.88 Å². The highest BCUT2D eigenvalue weighted by Gasteiger charge is 2.12. The number of rotatable bonds is 4. The molecule has 1 aromatic rings. The van der Waals surface area contributed by atoms with Gasteiger partial charge in [0.1, 0.15) is 0 Å². The van der Waals surface area contributed by atoms with Gasteiger partial charge in [-0.1, -0.05) is 0 Å². The van der Waals surface area contributed by atoms with Gasteiger partial charge in [-0.15, -0.1) is 11.6 Å². The van der Waals surface area contributed by atoms with Gasteiger partial charge in [-0.05, 0) is 28.4 Å². The zero-order valence-electron chi connectivity index (χ0n) is 6.35. The Morgan fingerprint density at radius 1 is 1.67 bits per heavy atom. The lowest BCUT2D eigenvalue weighted by molar-refractivity contribution is 0.0954. The molecule has 66 valence electrons. The number of Topliss-reactive ketones (excluding diaryl/α,β-unsaturated/α-hetero) is 1. The number of ketones is 1. The topological polar surface area (TPSA) is 30.2 Å². The Hall–Kier alpha value is -0.280. The number of halogens is 2. The van der Waals surface area contributed by atoms with Crippen LogP contribution >= 0.6 is 27.5 Å². The molecule has 1 rings (SSSR count). The number of furan rings is 1. The predicted octanol–water partition coefficient (Wildman–Crippen LogP) is 3.24. The molecule has 0 spiro atoms. The van der Waals surface area contributed by atoms with Crippen LogP contribution in [0.1, 0.15) is 23.4 Å². The van der Waals surface area contributed by atoms with Crippen LogP contribution < -0.4 is 0 Å². The van der Waals surface area contributed by atoms with Gasteiger partial charge in [-0.3, -0.25) is 4.79 Å². The molecule has 2 nitrogen and oxygen atoms in total. The molecule has 1 heterocycles. The van der Waals surface area contributed by atoms with E-state index in [9.17, 15) is 4.79 Å². The highest BCUT2D eigenvalue weighted by molar-refractivity contribution is 9.10. The van der Waals surface area contributed by atoms with E-state index in [4.69, 9.17) is 16.0 Å². The molecule has 0 fully saturated rings. The lowest BCUT2D eigenvalue weighted by Gasteiger charge is -1.94. The van der Waals surface area contributed by atoms with Crippen molar-refractivity contribution in [3.8, 4) is 0 Å². The van der Waals surface area contributed by atoms with Crippen molar-refractivity contribution >= 4 is 33.3 Å². The van der Waals surface area contributed by atoms with Gasteiger partial charge in [0.15, 0.2) is 11.5 Å². The molecule has 12 heavy (non-hydrogen) atoms. The fourth-order valence-corrected chi connectivity index (χ4v) is 1.39. The second-order valence-corrected chi connectivity index (χ2v) is 3.55. The maximum absolute atomic E-state index is 11.3. The Bertz CT molecular complexity index is 270. The Labute approximate surface area is 84.0 Å². The molecule has 0 aliphatic carbocycles. The van der Waals surface area contributed by atoms with Crippen molar-refractivity contribution in [3.05, 3.63) is 22.6 Å². The summed E-state index contributed by atoms with van der Waals surface area (Å²) in [6.45, 7) is 0. The van der Waals surface area contributed by atoms with Gasteiger partial charge < -0.3 is 4.42 Å². The summed E-state index contributed by atoms with van der Waals surface area (Å²) in [5, 5.41) is 0. The van der Waals surface area contributed by atoms with Crippen molar-refractivity contribution in [1.82, 2.24) is 0 Å². The lowest BCUT2D eigenvalue weighted by Crippen LogP contribution is -1.97. The summed E-state index contributed by atoms with van der Waals surface area (Å²) < 4.78 is 5.69. The molecule has 1 aromatic heterocycles. The van der Waals surface area contributed by atoms with Gasteiger partial charge in [-0.2, -0.15) is 0 Å². The molecule has 0 atom stereocenters. The molecule has 0 unspecified atom stereocenters. The quantitative estimate of drug-likeness (QED) is 0.607. The Morgan fingerprint density at radius 3 is 2.92 bits per heavy atom. The molecule has 0 N–H and O–H groups in total. The minimum atomic E-state index is -0.00692. The molecule has 0 saturated heterocycles. The highest BCUT2D eigenvalue weighted by atomic mass is 79.9. The highest BCUT2D eigenvalue weighted by Crippen LogP contribution is 2.19. The van der Waals surface area contributed by atoms with Crippen LogP contribution in [0.3, 0.4) is 0 Å². The Morgan fingerprint density at radius 2 is 2.42 bits per heavy atom. The first-order chi connectivity index (χ1) is 5.75. The molecule has 0 radical (unpaired) electrons. The first-order valence-corrected chi connectivity index (χ1v) is 4.90. The van der Waals surface area contributed by atoms with E-state index in [1.54, 1.807) is 6.07 Å². The monoisotopic (exact) mass is 250 g/mol. The number of carbonyl (C=O) groups is 1. The number of hydrogen-bond acceptors (Lipinski definition) is 2. The van der Waals surface area contributed by atoms with Crippen LogP contribution in [0, 0.1) is 0 Å². The summed E-state index contributed by atoms with van der Waals surface area (Å²) in [6.07, 6.45) is 2.61. The second-order valence-electron chi connectivity index (χ2n) is 2.31. The van der Waals surface area contributed by atoms with Crippen molar-refractivity contribution < 1.29 is 9.21 Å². The lowest BCUT2D eigenvalue weighted by atomic mass is 10.2. The molecule has 0 aliphatic heterocycles. The SMILES string of the molecule is O=C(CCCCl)c1occc1Br. The standard InChI is InChI=1S/C8H8BrClO2/c9-6-3-5-12-8(6)7(11)2-1-4-10/h3,5H,1-2,4H2. The molecular weight excluding hydrogens is 243 g/mol. The minimum Gasteiger partial charge on any atom is -0.460 e. The number of carbonyl (C=O) groups excluding carboxylic acids is 1. The summed E-state index contributed by atoms with van der Waals surface area (Å²) in [7, 11) is 0. The predicted molar refractivity (Wildman–Crippen MR) is 50.7 cm³/mol. The third-order valence-corrected chi connectivity index (χ3v) is 2.30. The van der Waals surface area contributed by atoms with E-state index in [1.807, 2.05) is 0 Å². The second kappa shape index (κ2) is 4.67. The van der Waals surface area contributed by atoms with E-state index in [0.29, 0.717) is 29.0 Å². The molecule has 4 heteroatoms. The number of alkyl halides is 1. The summed E-state index contributed by atoms with van der Waals surface area (Å²) in [5.74, 6) is 0.886. The largest absolute Gasteiger partial charge is 0.460 e. The fourth-order valence-electron chi connectivity index (χ4n) is 0.834. The third-order valence-electron chi connectivity index (χ3n) is 1.41. The van der Waals surface area contributed by atoms with Gasteiger partial charge in [-0.25, -0.2) is 0 Å². The van der Waals surface area contributed by atoms with E-state index >= 15 is 0 Å². The molecule has 0 aromatic carbocycles. The van der Waals surface area contributed by atoms with Gasteiger partial charge >= 0.3 is 0 Å². The smallest absolute Gasteiger partial charge is 0.199 e. The van der Waals surface area contributed by atoms with E-state index < -0.39 is 0 Å². The van der Waals surface area contributed by atoms with E-state index in [2.05, 4.69) is 15.9 Å². The van der Waals surface area contributed by atoms with Crippen LogP contribution in [0.5, 0.6) is 0 Å². The molecule has 0 aliphatic rings. The first-order valence-electron chi connectivity index (χ1n) is 3.58. The maximum atomic E-state index is 11.3. The van der Waals surface area contributed by atoms with Gasteiger partial charge in [0.2, 0.25) is 0 Å². The van der Waals surface area contributed by atoms with Gasteiger partial charge in [0.05, 0.1) is 10.7 Å². The summed E-state index contributed by atoms with van der Waals surface area (Å²) in [6, 6.07) is 1.70. The Balaban J connectivity index is 2.59. The van der Waals surface area contributed by atoms with E-state index in [-0.39, 0.29) is 5.78 Å². The summed E-state index contributed by atoms with van der Waals surface area (Å²) in [4.78, 5) is 11.3. The molecule has 0 amide bonds. The molecule has 0 bridgehead atoms. The van der Waals surface area contributed by atoms with Crippen LogP contribution in [0.15, 0.2) is 21.2 Å². The van der Waals surface area contributed by atoms with Gasteiger partial charge in [0, 0.05) is 12.3 Å². The summed E-state index contributed by atoms with van der Waals surface area (Å²) >= 11 is 8.66. The maximum Gasteiger partial charge on any atom is 0.199 e.